The monoisotopic (exact) mass is 271 g/mol. The molecule has 18 heavy (non-hydrogen) atoms. The Kier molecular flexibility index (Phi) is 3.90. The van der Waals surface area contributed by atoms with Gasteiger partial charge in [-0.15, -0.1) is 11.8 Å². The lowest BCUT2D eigenvalue weighted by Crippen LogP contribution is -2.42. The minimum atomic E-state index is -2.61. The van der Waals surface area contributed by atoms with Gasteiger partial charge in [-0.3, -0.25) is 4.79 Å². The SMILES string of the molecule is CSc1cccc(C(=O)N2CCC(F)(F)CC2)c1. The molecule has 0 aromatic heterocycles. The highest BCUT2D eigenvalue weighted by Gasteiger charge is 2.35. The number of amides is 1. The van der Waals surface area contributed by atoms with Crippen LogP contribution >= 0.6 is 11.8 Å². The van der Waals surface area contributed by atoms with Gasteiger partial charge in [-0.05, 0) is 24.5 Å². The smallest absolute Gasteiger partial charge is 0.253 e. The highest BCUT2D eigenvalue weighted by Crippen LogP contribution is 2.28. The Morgan fingerprint density at radius 1 is 1.33 bits per heavy atom. The van der Waals surface area contributed by atoms with Crippen molar-refractivity contribution in [2.75, 3.05) is 19.3 Å². The molecule has 2 nitrogen and oxygen atoms in total. The van der Waals surface area contributed by atoms with Crippen molar-refractivity contribution in [1.82, 2.24) is 4.90 Å². The van der Waals surface area contributed by atoms with Crippen molar-refractivity contribution in [3.05, 3.63) is 29.8 Å². The summed E-state index contributed by atoms with van der Waals surface area (Å²) in [5.74, 6) is -2.76. The van der Waals surface area contributed by atoms with E-state index < -0.39 is 5.92 Å². The molecular formula is C13H15F2NOS. The molecule has 1 amide bonds. The van der Waals surface area contributed by atoms with Crippen LogP contribution in [-0.4, -0.2) is 36.1 Å². The number of halogens is 2. The van der Waals surface area contributed by atoms with E-state index in [-0.39, 0.29) is 31.8 Å². The van der Waals surface area contributed by atoms with Crippen molar-refractivity contribution >= 4 is 17.7 Å². The van der Waals surface area contributed by atoms with E-state index in [9.17, 15) is 13.6 Å². The van der Waals surface area contributed by atoms with Crippen LogP contribution in [0, 0.1) is 0 Å². The number of piperidine rings is 1. The van der Waals surface area contributed by atoms with Crippen LogP contribution in [-0.2, 0) is 0 Å². The summed E-state index contributed by atoms with van der Waals surface area (Å²) in [6.07, 6.45) is 1.47. The van der Waals surface area contributed by atoms with Crippen molar-refractivity contribution in [2.24, 2.45) is 0 Å². The average molecular weight is 271 g/mol. The highest BCUT2D eigenvalue weighted by molar-refractivity contribution is 7.98. The van der Waals surface area contributed by atoms with Gasteiger partial charge >= 0.3 is 0 Å². The Hall–Kier alpha value is -1.10. The van der Waals surface area contributed by atoms with Gasteiger partial charge in [-0.25, -0.2) is 8.78 Å². The maximum absolute atomic E-state index is 13.0. The Labute approximate surface area is 109 Å². The molecule has 0 spiro atoms. The Morgan fingerprint density at radius 2 is 2.00 bits per heavy atom. The summed E-state index contributed by atoms with van der Waals surface area (Å²) < 4.78 is 26.0. The number of benzene rings is 1. The fourth-order valence-corrected chi connectivity index (χ4v) is 2.44. The van der Waals surface area contributed by atoms with Crippen molar-refractivity contribution in [1.29, 1.82) is 0 Å². The number of hydrogen-bond donors (Lipinski definition) is 0. The van der Waals surface area contributed by atoms with E-state index in [0.717, 1.165) is 4.90 Å². The lowest BCUT2D eigenvalue weighted by Gasteiger charge is -2.31. The second kappa shape index (κ2) is 5.26. The number of alkyl halides is 2. The van der Waals surface area contributed by atoms with Gasteiger partial charge in [0, 0.05) is 36.4 Å². The van der Waals surface area contributed by atoms with Crippen molar-refractivity contribution in [2.45, 2.75) is 23.7 Å². The molecule has 0 radical (unpaired) electrons. The zero-order valence-corrected chi connectivity index (χ0v) is 11.0. The quantitative estimate of drug-likeness (QED) is 0.769. The van der Waals surface area contributed by atoms with Gasteiger partial charge in [-0.2, -0.15) is 0 Å². The normalized spacial score (nSPS) is 18.7. The molecule has 0 unspecified atom stereocenters. The van der Waals surface area contributed by atoms with E-state index in [2.05, 4.69) is 0 Å². The molecule has 0 N–H and O–H groups in total. The van der Waals surface area contributed by atoms with Crippen molar-refractivity contribution in [3.8, 4) is 0 Å². The molecule has 5 heteroatoms. The van der Waals surface area contributed by atoms with Crippen LogP contribution in [0.25, 0.3) is 0 Å². The Bertz CT molecular complexity index is 440. The molecule has 1 aliphatic heterocycles. The summed E-state index contributed by atoms with van der Waals surface area (Å²) >= 11 is 1.56. The fourth-order valence-electron chi connectivity index (χ4n) is 1.98. The molecule has 1 aromatic carbocycles. The zero-order valence-electron chi connectivity index (χ0n) is 10.2. The van der Waals surface area contributed by atoms with Crippen LogP contribution < -0.4 is 0 Å². The second-order valence-electron chi connectivity index (χ2n) is 4.38. The topological polar surface area (TPSA) is 20.3 Å². The molecule has 1 fully saturated rings. The van der Waals surface area contributed by atoms with Crippen LogP contribution in [0.5, 0.6) is 0 Å². The Balaban J connectivity index is 2.07. The minimum Gasteiger partial charge on any atom is -0.338 e. The number of thioether (sulfide) groups is 1. The van der Waals surface area contributed by atoms with Gasteiger partial charge in [-0.1, -0.05) is 6.07 Å². The van der Waals surface area contributed by atoms with Gasteiger partial charge in [0.25, 0.3) is 11.8 Å². The van der Waals surface area contributed by atoms with Crippen LogP contribution in [0.2, 0.25) is 0 Å². The summed E-state index contributed by atoms with van der Waals surface area (Å²) in [7, 11) is 0. The van der Waals surface area contributed by atoms with Gasteiger partial charge < -0.3 is 4.90 Å². The predicted octanol–water partition coefficient (Wildman–Crippen LogP) is 3.28. The second-order valence-corrected chi connectivity index (χ2v) is 5.26. The summed E-state index contributed by atoms with van der Waals surface area (Å²) in [5, 5.41) is 0. The number of hydrogen-bond acceptors (Lipinski definition) is 2. The van der Waals surface area contributed by atoms with Crippen LogP contribution in [0.15, 0.2) is 29.2 Å². The number of carbonyl (C=O) groups is 1. The third kappa shape index (κ3) is 3.02. The highest BCUT2D eigenvalue weighted by atomic mass is 32.2. The molecule has 1 heterocycles. The molecule has 2 rings (SSSR count). The number of likely N-dealkylation sites (tertiary alicyclic amines) is 1. The van der Waals surface area contributed by atoms with Crippen LogP contribution in [0.4, 0.5) is 8.78 Å². The summed E-state index contributed by atoms with van der Waals surface area (Å²) in [4.78, 5) is 14.7. The van der Waals surface area contributed by atoms with Crippen molar-refractivity contribution in [3.63, 3.8) is 0 Å². The van der Waals surface area contributed by atoms with E-state index in [0.29, 0.717) is 5.56 Å². The molecular weight excluding hydrogens is 256 g/mol. The van der Waals surface area contributed by atoms with Gasteiger partial charge in [0.05, 0.1) is 0 Å². The standard InChI is InChI=1S/C13H15F2NOS/c1-18-11-4-2-3-10(9-11)12(17)16-7-5-13(14,15)6-8-16/h2-4,9H,5-8H2,1H3. The number of carbonyl (C=O) groups excluding carboxylic acids is 1. The maximum atomic E-state index is 13.0. The molecule has 98 valence electrons. The first-order valence-electron chi connectivity index (χ1n) is 5.83. The van der Waals surface area contributed by atoms with Crippen LogP contribution in [0.1, 0.15) is 23.2 Å². The maximum Gasteiger partial charge on any atom is 0.253 e. The lowest BCUT2D eigenvalue weighted by molar-refractivity contribution is -0.0494. The predicted molar refractivity (Wildman–Crippen MR) is 68.3 cm³/mol. The molecule has 0 aliphatic carbocycles. The first kappa shape index (κ1) is 13.3. The Morgan fingerprint density at radius 3 is 2.61 bits per heavy atom. The van der Waals surface area contributed by atoms with Crippen molar-refractivity contribution < 1.29 is 13.6 Å². The van der Waals surface area contributed by atoms with Gasteiger partial charge in [0.2, 0.25) is 0 Å². The molecule has 1 aromatic rings. The third-order valence-corrected chi connectivity index (χ3v) is 3.82. The average Bonchev–Trinajstić information content (AvgIpc) is 2.38. The third-order valence-electron chi connectivity index (χ3n) is 3.10. The molecule has 1 saturated heterocycles. The van der Waals surface area contributed by atoms with E-state index >= 15 is 0 Å². The first-order chi connectivity index (χ1) is 8.52. The summed E-state index contributed by atoms with van der Waals surface area (Å²) in [6.45, 7) is 0.269. The van der Waals surface area contributed by atoms with E-state index in [4.69, 9.17) is 0 Å². The lowest BCUT2D eigenvalue weighted by atomic mass is 10.1. The fraction of sp³-hybridized carbons (Fsp3) is 0.462. The minimum absolute atomic E-state index is 0.134. The number of nitrogens with zero attached hydrogens (tertiary/aromatic N) is 1. The van der Waals surface area contributed by atoms with Gasteiger partial charge in [0.15, 0.2) is 0 Å². The van der Waals surface area contributed by atoms with Gasteiger partial charge in [0.1, 0.15) is 0 Å². The zero-order chi connectivity index (χ0) is 13.2. The molecule has 0 atom stereocenters. The number of rotatable bonds is 2. The van der Waals surface area contributed by atoms with E-state index in [1.807, 2.05) is 18.4 Å². The summed E-state index contributed by atoms with van der Waals surface area (Å²) in [6, 6.07) is 7.28. The van der Waals surface area contributed by atoms with E-state index in [1.54, 1.807) is 23.9 Å². The molecule has 0 bridgehead atoms. The van der Waals surface area contributed by atoms with Crippen LogP contribution in [0.3, 0.4) is 0 Å². The first-order valence-corrected chi connectivity index (χ1v) is 7.05. The molecule has 1 aliphatic rings. The summed E-state index contributed by atoms with van der Waals surface area (Å²) in [5.41, 5.74) is 0.576. The largest absolute Gasteiger partial charge is 0.338 e. The molecule has 0 saturated carbocycles. The van der Waals surface area contributed by atoms with E-state index in [1.165, 1.54) is 4.90 Å².